The van der Waals surface area contributed by atoms with E-state index >= 15 is 0 Å². The first kappa shape index (κ1) is 14.3. The fraction of sp³-hybridized carbons (Fsp3) is 0.500. The van der Waals surface area contributed by atoms with Crippen LogP contribution in [0.15, 0.2) is 17.6 Å². The lowest BCUT2D eigenvalue weighted by Gasteiger charge is -2.15. The maximum absolute atomic E-state index is 12.2. The van der Waals surface area contributed by atoms with Crippen molar-refractivity contribution in [1.29, 1.82) is 0 Å². The molecule has 1 fully saturated rings. The van der Waals surface area contributed by atoms with Gasteiger partial charge in [-0.15, -0.1) is 0 Å². The van der Waals surface area contributed by atoms with Gasteiger partial charge in [0.1, 0.15) is 0 Å². The Bertz CT molecular complexity index is 639. The molecule has 0 aromatic carbocycles. The zero-order valence-electron chi connectivity index (χ0n) is 11.8. The van der Waals surface area contributed by atoms with Gasteiger partial charge in [0.15, 0.2) is 0 Å². The van der Waals surface area contributed by atoms with Crippen molar-refractivity contribution in [2.24, 2.45) is 7.05 Å². The van der Waals surface area contributed by atoms with Crippen LogP contribution >= 0.6 is 23.3 Å². The number of nitrogens with one attached hydrogen (secondary N) is 1. The molecule has 1 N–H and O–H groups in total. The van der Waals surface area contributed by atoms with Crippen molar-refractivity contribution in [2.75, 3.05) is 24.7 Å². The molecule has 1 aliphatic heterocycles. The number of anilines is 1. The summed E-state index contributed by atoms with van der Waals surface area (Å²) in [6, 6.07) is -0.106. The predicted molar refractivity (Wildman–Crippen MR) is 82.8 cm³/mol. The first-order chi connectivity index (χ1) is 10.2. The van der Waals surface area contributed by atoms with E-state index < -0.39 is 0 Å². The molecule has 1 atom stereocenters. The van der Waals surface area contributed by atoms with Gasteiger partial charge in [-0.1, -0.05) is 11.8 Å². The molecule has 3 heterocycles. The van der Waals surface area contributed by atoms with E-state index in [4.69, 9.17) is 0 Å². The number of likely N-dealkylation sites (tertiary alicyclic amines) is 1. The lowest BCUT2D eigenvalue weighted by atomic mass is 10.0. The van der Waals surface area contributed by atoms with Crippen molar-refractivity contribution in [1.82, 2.24) is 24.0 Å². The second-order valence-corrected chi connectivity index (χ2v) is 6.42. The van der Waals surface area contributed by atoms with Crippen molar-refractivity contribution in [3.8, 4) is 0 Å². The van der Waals surface area contributed by atoms with Gasteiger partial charge in [-0.3, -0.25) is 10.00 Å². The van der Waals surface area contributed by atoms with Crippen LogP contribution in [-0.2, 0) is 7.05 Å². The molecule has 0 saturated carbocycles. The number of carbonyl (C=O) groups is 1. The number of aromatic nitrogens is 4. The maximum Gasteiger partial charge on any atom is 0.323 e. The number of carbonyl (C=O) groups excluding carboxylic acids is 1. The second kappa shape index (κ2) is 6.02. The number of amides is 2. The fourth-order valence-electron chi connectivity index (χ4n) is 2.38. The smallest absolute Gasteiger partial charge is 0.323 e. The molecule has 7 nitrogen and oxygen atoms in total. The van der Waals surface area contributed by atoms with Crippen LogP contribution in [0.3, 0.4) is 0 Å². The van der Waals surface area contributed by atoms with Gasteiger partial charge in [-0.25, -0.2) is 4.79 Å². The van der Waals surface area contributed by atoms with Crippen LogP contribution in [-0.4, -0.2) is 49.4 Å². The van der Waals surface area contributed by atoms with Gasteiger partial charge in [0.25, 0.3) is 0 Å². The summed E-state index contributed by atoms with van der Waals surface area (Å²) >= 11 is 2.67. The normalized spacial score (nSPS) is 18.2. The summed E-state index contributed by atoms with van der Waals surface area (Å²) in [5.41, 5.74) is 1.19. The highest BCUT2D eigenvalue weighted by Gasteiger charge is 2.28. The standard InChI is InChI=1S/C12H16N6OS2/c1-17-6-9(5-13-17)8-3-4-18(7-8)12(19)15-10-14-11(20-2)16-21-10/h5-6,8H,3-4,7H2,1-2H3,(H,14,15,16,19). The predicted octanol–water partition coefficient (Wildman–Crippen LogP) is 2.01. The molecule has 0 radical (unpaired) electrons. The topological polar surface area (TPSA) is 75.9 Å². The molecule has 1 unspecified atom stereocenters. The van der Waals surface area contributed by atoms with Crippen LogP contribution in [0.25, 0.3) is 0 Å². The number of hydrogen-bond acceptors (Lipinski definition) is 6. The largest absolute Gasteiger partial charge is 0.324 e. The molecule has 3 rings (SSSR count). The zero-order chi connectivity index (χ0) is 14.8. The number of nitrogens with zero attached hydrogens (tertiary/aromatic N) is 5. The van der Waals surface area contributed by atoms with Crippen molar-refractivity contribution in [3.63, 3.8) is 0 Å². The minimum Gasteiger partial charge on any atom is -0.324 e. The highest BCUT2D eigenvalue weighted by molar-refractivity contribution is 7.98. The third-order valence-electron chi connectivity index (χ3n) is 3.48. The van der Waals surface area contributed by atoms with Gasteiger partial charge < -0.3 is 4.90 Å². The molecule has 2 aromatic heterocycles. The lowest BCUT2D eigenvalue weighted by Crippen LogP contribution is -2.32. The van der Waals surface area contributed by atoms with E-state index in [0.29, 0.717) is 22.8 Å². The van der Waals surface area contributed by atoms with Crippen molar-refractivity contribution < 1.29 is 4.79 Å². The highest BCUT2D eigenvalue weighted by atomic mass is 32.2. The van der Waals surface area contributed by atoms with Crippen LogP contribution in [0.4, 0.5) is 9.93 Å². The Labute approximate surface area is 130 Å². The number of thioether (sulfide) groups is 1. The van der Waals surface area contributed by atoms with Crippen LogP contribution in [0.2, 0.25) is 0 Å². The average Bonchev–Trinajstić information content (AvgIpc) is 3.17. The van der Waals surface area contributed by atoms with E-state index in [0.717, 1.165) is 13.0 Å². The Balaban J connectivity index is 1.59. The summed E-state index contributed by atoms with van der Waals surface area (Å²) in [6.07, 6.45) is 6.76. The van der Waals surface area contributed by atoms with Crippen LogP contribution in [0.5, 0.6) is 0 Å². The SMILES string of the molecule is CSc1nsc(NC(=O)N2CCC(c3cnn(C)c3)C2)n1. The molecule has 1 aliphatic rings. The van der Waals surface area contributed by atoms with E-state index in [1.54, 1.807) is 4.68 Å². The van der Waals surface area contributed by atoms with Gasteiger partial charge in [-0.05, 0) is 18.2 Å². The van der Waals surface area contributed by atoms with E-state index in [9.17, 15) is 4.79 Å². The third-order valence-corrected chi connectivity index (χ3v) is 4.77. The van der Waals surface area contributed by atoms with Crippen LogP contribution in [0, 0.1) is 0 Å². The summed E-state index contributed by atoms with van der Waals surface area (Å²) in [5.74, 6) is 0.362. The molecular formula is C12H16N6OS2. The van der Waals surface area contributed by atoms with E-state index in [1.165, 1.54) is 28.9 Å². The Kier molecular flexibility index (Phi) is 4.11. The summed E-state index contributed by atoms with van der Waals surface area (Å²) in [6.45, 7) is 1.46. The van der Waals surface area contributed by atoms with E-state index in [1.807, 2.05) is 30.6 Å². The highest BCUT2D eigenvalue weighted by Crippen LogP contribution is 2.27. The summed E-state index contributed by atoms with van der Waals surface area (Å²) in [5, 5.41) is 8.24. The Hall–Kier alpha value is -1.61. The van der Waals surface area contributed by atoms with Crippen molar-refractivity contribution >= 4 is 34.5 Å². The Morgan fingerprint density at radius 3 is 3.10 bits per heavy atom. The first-order valence-electron chi connectivity index (χ1n) is 6.58. The first-order valence-corrected chi connectivity index (χ1v) is 8.57. The van der Waals surface area contributed by atoms with Crippen molar-refractivity contribution in [2.45, 2.75) is 17.5 Å². The van der Waals surface area contributed by atoms with E-state index in [-0.39, 0.29) is 6.03 Å². The average molecular weight is 324 g/mol. The van der Waals surface area contributed by atoms with Crippen LogP contribution < -0.4 is 5.32 Å². The molecule has 2 aromatic rings. The molecular weight excluding hydrogens is 308 g/mol. The zero-order valence-corrected chi connectivity index (χ0v) is 13.4. The molecule has 0 spiro atoms. The van der Waals surface area contributed by atoms with Gasteiger partial charge in [0.05, 0.1) is 6.20 Å². The number of urea groups is 1. The number of rotatable bonds is 3. The quantitative estimate of drug-likeness (QED) is 0.874. The summed E-state index contributed by atoms with van der Waals surface area (Å²) in [4.78, 5) is 18.3. The minimum absolute atomic E-state index is 0.106. The van der Waals surface area contributed by atoms with Gasteiger partial charge in [0, 0.05) is 43.8 Å². The van der Waals surface area contributed by atoms with Crippen molar-refractivity contribution in [3.05, 3.63) is 18.0 Å². The monoisotopic (exact) mass is 324 g/mol. The number of hydrogen-bond donors (Lipinski definition) is 1. The third kappa shape index (κ3) is 3.18. The Morgan fingerprint density at radius 2 is 2.43 bits per heavy atom. The molecule has 21 heavy (non-hydrogen) atoms. The minimum atomic E-state index is -0.106. The number of aryl methyl sites for hydroxylation is 1. The lowest BCUT2D eigenvalue weighted by molar-refractivity contribution is 0.222. The van der Waals surface area contributed by atoms with Gasteiger partial charge >= 0.3 is 6.03 Å². The molecule has 0 bridgehead atoms. The second-order valence-electron chi connectivity index (χ2n) is 4.90. The fourth-order valence-corrected chi connectivity index (χ4v) is 3.50. The summed E-state index contributed by atoms with van der Waals surface area (Å²) in [7, 11) is 1.90. The van der Waals surface area contributed by atoms with Gasteiger partial charge in [-0.2, -0.15) is 14.5 Å². The molecule has 112 valence electrons. The van der Waals surface area contributed by atoms with E-state index in [2.05, 4.69) is 19.8 Å². The molecule has 9 heteroatoms. The molecule has 0 aliphatic carbocycles. The summed E-state index contributed by atoms with van der Waals surface area (Å²) < 4.78 is 5.92. The molecule has 2 amide bonds. The maximum atomic E-state index is 12.2. The molecule has 1 saturated heterocycles. The Morgan fingerprint density at radius 1 is 1.57 bits per heavy atom. The van der Waals surface area contributed by atoms with Crippen LogP contribution in [0.1, 0.15) is 17.9 Å². The van der Waals surface area contributed by atoms with Gasteiger partial charge in [0.2, 0.25) is 10.3 Å².